The van der Waals surface area contributed by atoms with E-state index in [0.717, 1.165) is 44.8 Å². The van der Waals surface area contributed by atoms with Gasteiger partial charge in [-0.25, -0.2) is 14.1 Å². The van der Waals surface area contributed by atoms with Gasteiger partial charge >= 0.3 is 0 Å². The molecule has 1 aliphatic rings. The Morgan fingerprint density at radius 1 is 1.00 bits per heavy atom. The van der Waals surface area contributed by atoms with Gasteiger partial charge in [-0.15, -0.1) is 5.10 Å². The highest BCUT2D eigenvalue weighted by atomic mass is 35.5. The average Bonchev–Trinajstić information content (AvgIpc) is 3.19. The Kier molecular flexibility index (Phi) is 6.55. The molecule has 8 nitrogen and oxygen atoms in total. The lowest BCUT2D eigenvalue weighted by Crippen LogP contribution is -2.48. The zero-order valence-corrected chi connectivity index (χ0v) is 20.6. The minimum absolute atomic E-state index is 0.312. The number of rotatable bonds is 6. The molecule has 1 saturated heterocycles. The maximum Gasteiger partial charge on any atom is 0.228 e. The number of hydrogen-bond donors (Lipinski definition) is 1. The molecule has 3 heterocycles. The summed E-state index contributed by atoms with van der Waals surface area (Å²) >= 11 is 6.43. The number of piperazine rings is 1. The Morgan fingerprint density at radius 2 is 1.71 bits per heavy atom. The van der Waals surface area contributed by atoms with E-state index >= 15 is 0 Å². The molecular formula is C25H28ClFN8. The number of nitrogens with two attached hydrogens (primary N) is 1. The summed E-state index contributed by atoms with van der Waals surface area (Å²) in [6, 6.07) is 13.6. The molecule has 0 bridgehead atoms. The third-order valence-corrected chi connectivity index (χ3v) is 6.59. The minimum atomic E-state index is -0.312. The predicted molar refractivity (Wildman–Crippen MR) is 139 cm³/mol. The molecule has 2 N–H and O–H groups in total. The summed E-state index contributed by atoms with van der Waals surface area (Å²) in [6.45, 7) is 5.52. The number of hydrogen-bond acceptors (Lipinski definition) is 7. The van der Waals surface area contributed by atoms with Crippen LogP contribution < -0.4 is 10.6 Å². The Bertz CT molecular complexity index is 1330. The normalized spacial score (nSPS) is 14.8. The first kappa shape index (κ1) is 23.5. The molecule has 35 heavy (non-hydrogen) atoms. The van der Waals surface area contributed by atoms with Crippen molar-refractivity contribution in [1.82, 2.24) is 29.5 Å². The topological polar surface area (TPSA) is 79.3 Å². The highest BCUT2D eigenvalue weighted by Gasteiger charge is 2.24. The van der Waals surface area contributed by atoms with Crippen molar-refractivity contribution in [1.29, 1.82) is 0 Å². The predicted octanol–water partition coefficient (Wildman–Crippen LogP) is 3.54. The summed E-state index contributed by atoms with van der Waals surface area (Å²) in [6.07, 6.45) is 0. The second-order valence-electron chi connectivity index (χ2n) is 8.96. The first-order chi connectivity index (χ1) is 16.9. The van der Waals surface area contributed by atoms with Crippen molar-refractivity contribution in [2.75, 3.05) is 64.0 Å². The van der Waals surface area contributed by atoms with Crippen molar-refractivity contribution in [3.05, 3.63) is 59.4 Å². The van der Waals surface area contributed by atoms with Gasteiger partial charge in [0, 0.05) is 44.8 Å². The summed E-state index contributed by atoms with van der Waals surface area (Å²) in [4.78, 5) is 16.5. The zero-order chi connectivity index (χ0) is 24.5. The summed E-state index contributed by atoms with van der Waals surface area (Å²) < 4.78 is 15.3. The van der Waals surface area contributed by atoms with Gasteiger partial charge < -0.3 is 15.5 Å². The van der Waals surface area contributed by atoms with E-state index in [-0.39, 0.29) is 5.82 Å². The van der Waals surface area contributed by atoms with E-state index in [1.807, 2.05) is 18.2 Å². The lowest BCUT2D eigenvalue weighted by Gasteiger charge is -2.35. The zero-order valence-electron chi connectivity index (χ0n) is 19.8. The van der Waals surface area contributed by atoms with Crippen LogP contribution in [0.5, 0.6) is 0 Å². The first-order valence-corrected chi connectivity index (χ1v) is 12.0. The minimum Gasteiger partial charge on any atom is -0.383 e. The highest BCUT2D eigenvalue weighted by Crippen LogP contribution is 2.34. The molecule has 0 radical (unpaired) electrons. The van der Waals surface area contributed by atoms with Crippen molar-refractivity contribution in [3.8, 4) is 16.9 Å². The van der Waals surface area contributed by atoms with Crippen LogP contribution in [-0.2, 0) is 0 Å². The number of nitrogens with zero attached hydrogens (tertiary/aromatic N) is 7. The number of halogens is 2. The molecule has 2 aromatic heterocycles. The SMILES string of the molecule is CN(C)CCN1CCN(c2nc(-c3ccc(F)cc3)c3c(N)n(-c4ccccc4Cl)nc3n2)CC1. The van der Waals surface area contributed by atoms with E-state index in [0.29, 0.717) is 39.2 Å². The van der Waals surface area contributed by atoms with E-state index in [2.05, 4.69) is 28.8 Å². The van der Waals surface area contributed by atoms with E-state index < -0.39 is 0 Å². The fourth-order valence-corrected chi connectivity index (χ4v) is 4.49. The van der Waals surface area contributed by atoms with Gasteiger partial charge in [0.2, 0.25) is 5.95 Å². The Morgan fingerprint density at radius 3 is 2.40 bits per heavy atom. The molecule has 1 fully saturated rings. The summed E-state index contributed by atoms with van der Waals surface area (Å²) in [5.74, 6) is 0.660. The molecule has 4 aromatic rings. The van der Waals surface area contributed by atoms with Crippen molar-refractivity contribution in [3.63, 3.8) is 0 Å². The molecular weight excluding hydrogens is 467 g/mol. The van der Waals surface area contributed by atoms with E-state index in [9.17, 15) is 4.39 Å². The van der Waals surface area contributed by atoms with Crippen molar-refractivity contribution in [2.45, 2.75) is 0 Å². The maximum atomic E-state index is 13.7. The van der Waals surface area contributed by atoms with Crippen LogP contribution in [-0.4, -0.2) is 82.9 Å². The van der Waals surface area contributed by atoms with Gasteiger partial charge in [0.25, 0.3) is 0 Å². The summed E-state index contributed by atoms with van der Waals surface area (Å²) in [5.41, 5.74) is 9.07. The highest BCUT2D eigenvalue weighted by molar-refractivity contribution is 6.32. The van der Waals surface area contributed by atoms with Gasteiger partial charge in [-0.05, 0) is 50.5 Å². The maximum absolute atomic E-state index is 13.7. The standard InChI is InChI=1S/C25H28ClFN8/c1-32(2)11-12-33-13-15-34(16-14-33)25-29-22(17-7-9-18(27)10-8-17)21-23(28)35(31-24(21)30-25)20-6-4-3-5-19(20)26/h3-10H,11-16,28H2,1-2H3. The Balaban J connectivity index is 1.56. The third kappa shape index (κ3) is 4.80. The van der Waals surface area contributed by atoms with Crippen molar-refractivity contribution >= 4 is 34.4 Å². The summed E-state index contributed by atoms with van der Waals surface area (Å²) in [7, 11) is 4.17. The molecule has 10 heteroatoms. The Hall–Kier alpha value is -3.27. The van der Waals surface area contributed by atoms with Gasteiger partial charge in [-0.3, -0.25) is 4.90 Å². The van der Waals surface area contributed by atoms with Gasteiger partial charge in [0.1, 0.15) is 11.6 Å². The molecule has 182 valence electrons. The molecule has 0 atom stereocenters. The van der Waals surface area contributed by atoms with Gasteiger partial charge in [-0.1, -0.05) is 23.7 Å². The van der Waals surface area contributed by atoms with Crippen LogP contribution in [0.1, 0.15) is 0 Å². The monoisotopic (exact) mass is 494 g/mol. The van der Waals surface area contributed by atoms with E-state index in [1.54, 1.807) is 22.9 Å². The quantitative estimate of drug-likeness (QED) is 0.439. The molecule has 2 aromatic carbocycles. The van der Waals surface area contributed by atoms with Crippen LogP contribution in [0.25, 0.3) is 28.0 Å². The fraction of sp³-hybridized carbons (Fsp3) is 0.320. The molecule has 0 aliphatic carbocycles. The van der Waals surface area contributed by atoms with E-state index in [4.69, 9.17) is 32.4 Å². The van der Waals surface area contributed by atoms with Crippen LogP contribution in [0, 0.1) is 5.82 Å². The Labute approximate surface area is 208 Å². The van der Waals surface area contributed by atoms with E-state index in [1.165, 1.54) is 12.1 Å². The van der Waals surface area contributed by atoms with Crippen LogP contribution in [0.2, 0.25) is 5.02 Å². The van der Waals surface area contributed by atoms with Crippen LogP contribution in [0.15, 0.2) is 48.5 Å². The smallest absolute Gasteiger partial charge is 0.228 e. The van der Waals surface area contributed by atoms with Crippen LogP contribution >= 0.6 is 11.6 Å². The molecule has 0 amide bonds. The number of fused-ring (bicyclic) bond motifs is 1. The van der Waals surface area contributed by atoms with Gasteiger partial charge in [0.15, 0.2) is 5.65 Å². The van der Waals surface area contributed by atoms with Gasteiger partial charge in [-0.2, -0.15) is 4.98 Å². The number of para-hydroxylation sites is 1. The van der Waals surface area contributed by atoms with Crippen LogP contribution in [0.3, 0.4) is 0 Å². The molecule has 1 aliphatic heterocycles. The van der Waals surface area contributed by atoms with Crippen LogP contribution in [0.4, 0.5) is 16.2 Å². The molecule has 0 saturated carbocycles. The second-order valence-corrected chi connectivity index (χ2v) is 9.37. The number of nitrogen functional groups attached to an aromatic ring is 1. The molecule has 0 unspecified atom stereocenters. The van der Waals surface area contributed by atoms with Crippen molar-refractivity contribution in [2.24, 2.45) is 0 Å². The van der Waals surface area contributed by atoms with Crippen molar-refractivity contribution < 1.29 is 4.39 Å². The fourth-order valence-electron chi connectivity index (χ4n) is 4.28. The molecule has 5 rings (SSSR count). The largest absolute Gasteiger partial charge is 0.383 e. The number of anilines is 2. The summed E-state index contributed by atoms with van der Waals surface area (Å²) in [5, 5.41) is 5.85. The average molecular weight is 495 g/mol. The molecule has 0 spiro atoms. The lowest BCUT2D eigenvalue weighted by molar-refractivity contribution is 0.229. The second kappa shape index (κ2) is 9.77. The lowest BCUT2D eigenvalue weighted by atomic mass is 10.1. The third-order valence-electron chi connectivity index (χ3n) is 6.27. The van der Waals surface area contributed by atoms with Gasteiger partial charge in [0.05, 0.1) is 21.8 Å². The number of benzene rings is 2. The number of likely N-dealkylation sites (N-methyl/N-ethyl adjacent to an activating group) is 1. The first-order valence-electron chi connectivity index (χ1n) is 11.6. The number of aromatic nitrogens is 4.